The maximum absolute atomic E-state index is 12.8. The van der Waals surface area contributed by atoms with Crippen LogP contribution in [0.1, 0.15) is 35.0 Å². The van der Waals surface area contributed by atoms with Crippen LogP contribution in [0, 0.1) is 13.8 Å². The van der Waals surface area contributed by atoms with E-state index in [0.717, 1.165) is 0 Å². The highest BCUT2D eigenvalue weighted by molar-refractivity contribution is 7.89. The largest absolute Gasteiger partial charge is 0.436 e. The predicted octanol–water partition coefficient (Wildman–Crippen LogP) is 1.69. The van der Waals surface area contributed by atoms with E-state index < -0.39 is 22.0 Å². The first kappa shape index (κ1) is 18.6. The summed E-state index contributed by atoms with van der Waals surface area (Å²) in [6.07, 6.45) is 0.554. The first-order valence-corrected chi connectivity index (χ1v) is 9.75. The number of piperidine rings is 1. The van der Waals surface area contributed by atoms with Crippen LogP contribution in [0.15, 0.2) is 33.6 Å². The normalized spacial score (nSPS) is 18.7. The number of aryl methyl sites for hydroxylation is 2. The number of amides is 1. The Morgan fingerprint density at radius 3 is 2.81 bits per heavy atom. The molecule has 1 atom stereocenters. The molecule has 8 nitrogen and oxygen atoms in total. The molecule has 140 valence electrons. The lowest BCUT2D eigenvalue weighted by Gasteiger charge is -2.29. The van der Waals surface area contributed by atoms with Gasteiger partial charge in [0, 0.05) is 25.7 Å². The maximum atomic E-state index is 12.8. The summed E-state index contributed by atoms with van der Waals surface area (Å²) >= 11 is 0. The molecule has 1 aliphatic rings. The van der Waals surface area contributed by atoms with Crippen LogP contribution >= 0.6 is 0 Å². The number of hydrogen-bond donors (Lipinski definition) is 2. The number of hydrogen-bond acceptors (Lipinski definition) is 6. The Bertz CT molecular complexity index is 922. The standard InChI is InChI=1S/C17H21N3O5S/c1-11-16(25-12(2)18-11)17(22)19-13-5-3-7-15(9-13)26(23,24)20-8-4-6-14(21)10-20/h3,5,7,9,14,21H,4,6,8,10H2,1-2H3,(H,19,22)/t14-/m0/s1. The predicted molar refractivity (Wildman–Crippen MR) is 94.4 cm³/mol. The molecule has 0 spiro atoms. The molecule has 1 aliphatic heterocycles. The number of β-amino-alcohol motifs (C(OH)–C–C–N with tert-alkyl or cyclic N) is 1. The summed E-state index contributed by atoms with van der Waals surface area (Å²) in [5.74, 6) is -0.0198. The Kier molecular flexibility index (Phi) is 5.12. The highest BCUT2D eigenvalue weighted by atomic mass is 32.2. The first-order valence-electron chi connectivity index (χ1n) is 8.31. The molecule has 1 fully saturated rings. The van der Waals surface area contributed by atoms with Crippen LogP contribution in [0.2, 0.25) is 0 Å². The summed E-state index contributed by atoms with van der Waals surface area (Å²) < 4.78 is 32.1. The molecule has 0 radical (unpaired) electrons. The second kappa shape index (κ2) is 7.18. The Balaban J connectivity index is 1.82. The quantitative estimate of drug-likeness (QED) is 0.836. The second-order valence-electron chi connectivity index (χ2n) is 6.29. The fourth-order valence-corrected chi connectivity index (χ4v) is 4.51. The molecule has 0 saturated carbocycles. The zero-order chi connectivity index (χ0) is 18.9. The molecular weight excluding hydrogens is 358 g/mol. The van der Waals surface area contributed by atoms with Gasteiger partial charge in [0.1, 0.15) is 0 Å². The van der Waals surface area contributed by atoms with Crippen molar-refractivity contribution >= 4 is 21.6 Å². The fraction of sp³-hybridized carbons (Fsp3) is 0.412. The van der Waals surface area contributed by atoms with Crippen LogP contribution in [0.3, 0.4) is 0 Å². The zero-order valence-corrected chi connectivity index (χ0v) is 15.4. The highest BCUT2D eigenvalue weighted by Crippen LogP contribution is 2.23. The molecule has 2 N–H and O–H groups in total. The van der Waals surface area contributed by atoms with Crippen molar-refractivity contribution in [3.8, 4) is 0 Å². The van der Waals surface area contributed by atoms with Crippen molar-refractivity contribution in [2.24, 2.45) is 0 Å². The summed E-state index contributed by atoms with van der Waals surface area (Å²) in [6.45, 7) is 3.75. The van der Waals surface area contributed by atoms with Crippen molar-refractivity contribution in [2.45, 2.75) is 37.7 Å². The SMILES string of the molecule is Cc1nc(C)c(C(=O)Nc2cccc(S(=O)(=O)N3CCC[C@H](O)C3)c2)o1. The highest BCUT2D eigenvalue weighted by Gasteiger charge is 2.29. The van der Waals surface area contributed by atoms with Gasteiger partial charge in [-0.1, -0.05) is 6.07 Å². The summed E-state index contributed by atoms with van der Waals surface area (Å²) in [4.78, 5) is 16.4. The number of nitrogens with one attached hydrogen (secondary N) is 1. The summed E-state index contributed by atoms with van der Waals surface area (Å²) in [5.41, 5.74) is 0.799. The topological polar surface area (TPSA) is 113 Å². The van der Waals surface area contributed by atoms with Crippen molar-refractivity contribution in [2.75, 3.05) is 18.4 Å². The van der Waals surface area contributed by atoms with Gasteiger partial charge in [-0.2, -0.15) is 4.31 Å². The molecule has 26 heavy (non-hydrogen) atoms. The number of carbonyl (C=O) groups is 1. The molecular formula is C17H21N3O5S. The van der Waals surface area contributed by atoms with Gasteiger partial charge in [-0.3, -0.25) is 4.79 Å². The van der Waals surface area contributed by atoms with Gasteiger partial charge >= 0.3 is 0 Å². The van der Waals surface area contributed by atoms with Crippen molar-refractivity contribution in [1.29, 1.82) is 0 Å². The van der Waals surface area contributed by atoms with Crippen LogP contribution in [0.4, 0.5) is 5.69 Å². The van der Waals surface area contributed by atoms with Crippen LogP contribution < -0.4 is 5.32 Å². The molecule has 1 saturated heterocycles. The van der Waals surface area contributed by atoms with Crippen LogP contribution in [-0.4, -0.2) is 47.9 Å². The molecule has 2 aromatic rings. The average Bonchev–Trinajstić information content (AvgIpc) is 2.93. The van der Waals surface area contributed by atoms with Gasteiger partial charge in [-0.05, 0) is 38.0 Å². The number of rotatable bonds is 4. The molecule has 3 rings (SSSR count). The smallest absolute Gasteiger partial charge is 0.293 e. The van der Waals surface area contributed by atoms with E-state index in [1.54, 1.807) is 26.0 Å². The van der Waals surface area contributed by atoms with E-state index in [4.69, 9.17) is 4.42 Å². The molecule has 0 bridgehead atoms. The maximum Gasteiger partial charge on any atom is 0.293 e. The number of oxazole rings is 1. The van der Waals surface area contributed by atoms with Crippen LogP contribution in [0.25, 0.3) is 0 Å². The first-order chi connectivity index (χ1) is 12.3. The average molecular weight is 379 g/mol. The van der Waals surface area contributed by atoms with E-state index in [-0.39, 0.29) is 17.2 Å². The van der Waals surface area contributed by atoms with Crippen molar-refractivity contribution in [3.63, 3.8) is 0 Å². The van der Waals surface area contributed by atoms with Crippen LogP contribution in [0.5, 0.6) is 0 Å². The minimum absolute atomic E-state index is 0.0647. The lowest BCUT2D eigenvalue weighted by atomic mass is 10.1. The number of benzene rings is 1. The fourth-order valence-electron chi connectivity index (χ4n) is 2.95. The van der Waals surface area contributed by atoms with Gasteiger partial charge in [-0.15, -0.1) is 0 Å². The molecule has 1 amide bonds. The Morgan fingerprint density at radius 2 is 2.15 bits per heavy atom. The molecule has 1 aromatic carbocycles. The third kappa shape index (κ3) is 3.79. The van der Waals surface area contributed by atoms with Gasteiger partial charge in [0.05, 0.1) is 16.7 Å². The number of carbonyl (C=O) groups excluding carboxylic acids is 1. The third-order valence-electron chi connectivity index (χ3n) is 4.20. The number of sulfonamides is 1. The molecule has 2 heterocycles. The molecule has 9 heteroatoms. The number of nitrogens with zero attached hydrogens (tertiary/aromatic N) is 2. The summed E-state index contributed by atoms with van der Waals surface area (Å²) in [5, 5.41) is 12.4. The summed E-state index contributed by atoms with van der Waals surface area (Å²) in [7, 11) is -3.74. The minimum Gasteiger partial charge on any atom is -0.436 e. The van der Waals surface area contributed by atoms with Gasteiger partial charge < -0.3 is 14.8 Å². The molecule has 0 aliphatic carbocycles. The Hall–Kier alpha value is -2.23. The zero-order valence-electron chi connectivity index (χ0n) is 14.6. The van der Waals surface area contributed by atoms with Crippen molar-refractivity contribution < 1.29 is 22.7 Å². The van der Waals surface area contributed by atoms with E-state index in [0.29, 0.717) is 36.7 Å². The second-order valence-corrected chi connectivity index (χ2v) is 8.23. The molecule has 1 aromatic heterocycles. The summed E-state index contributed by atoms with van der Waals surface area (Å²) in [6, 6.07) is 6.02. The number of aliphatic hydroxyl groups is 1. The van der Waals surface area contributed by atoms with Gasteiger partial charge in [0.15, 0.2) is 5.89 Å². The Labute approximate surface area is 151 Å². The third-order valence-corrected chi connectivity index (χ3v) is 6.06. The van der Waals surface area contributed by atoms with E-state index in [1.165, 1.54) is 16.4 Å². The lowest BCUT2D eigenvalue weighted by Crippen LogP contribution is -2.42. The van der Waals surface area contributed by atoms with E-state index in [9.17, 15) is 18.3 Å². The van der Waals surface area contributed by atoms with E-state index in [1.807, 2.05) is 0 Å². The molecule has 0 unspecified atom stereocenters. The van der Waals surface area contributed by atoms with Gasteiger partial charge in [0.2, 0.25) is 15.8 Å². The van der Waals surface area contributed by atoms with E-state index >= 15 is 0 Å². The number of aliphatic hydroxyl groups excluding tert-OH is 1. The van der Waals surface area contributed by atoms with E-state index in [2.05, 4.69) is 10.3 Å². The van der Waals surface area contributed by atoms with Crippen LogP contribution in [-0.2, 0) is 10.0 Å². The minimum atomic E-state index is -3.74. The monoisotopic (exact) mass is 379 g/mol. The number of aromatic nitrogens is 1. The van der Waals surface area contributed by atoms with Gasteiger partial charge in [-0.25, -0.2) is 13.4 Å². The van der Waals surface area contributed by atoms with Gasteiger partial charge in [0.25, 0.3) is 5.91 Å². The van der Waals surface area contributed by atoms with Crippen molar-refractivity contribution in [3.05, 3.63) is 41.6 Å². The van der Waals surface area contributed by atoms with Crippen molar-refractivity contribution in [1.82, 2.24) is 9.29 Å². The number of anilines is 1. The lowest BCUT2D eigenvalue weighted by molar-refractivity contribution is 0.0994. The Morgan fingerprint density at radius 1 is 1.38 bits per heavy atom.